The Hall–Kier alpha value is -1.82. The summed E-state index contributed by atoms with van der Waals surface area (Å²) in [5.74, 6) is -0.0380. The molecule has 2 aromatic carbocycles. The van der Waals surface area contributed by atoms with Gasteiger partial charge in [-0.3, -0.25) is 4.79 Å². The van der Waals surface area contributed by atoms with E-state index in [1.807, 2.05) is 55.1 Å². The number of hydrogen-bond donors (Lipinski definition) is 2. The summed E-state index contributed by atoms with van der Waals surface area (Å²) < 4.78 is 5.70. The first-order valence-electron chi connectivity index (χ1n) is 9.29. The highest BCUT2D eigenvalue weighted by Crippen LogP contribution is 2.23. The van der Waals surface area contributed by atoms with Gasteiger partial charge in [0.1, 0.15) is 0 Å². The minimum absolute atomic E-state index is 0.0380. The molecular formula is C22H29NO3S. The van der Waals surface area contributed by atoms with E-state index >= 15 is 0 Å². The summed E-state index contributed by atoms with van der Waals surface area (Å²) in [4.78, 5) is 13.5. The molecule has 0 aliphatic rings. The zero-order chi connectivity index (χ0) is 19.6. The van der Waals surface area contributed by atoms with Crippen LogP contribution in [0.3, 0.4) is 0 Å². The molecule has 2 N–H and O–H groups in total. The second kappa shape index (κ2) is 11.1. The second-order valence-electron chi connectivity index (χ2n) is 6.79. The van der Waals surface area contributed by atoms with E-state index in [0.29, 0.717) is 18.2 Å². The summed E-state index contributed by atoms with van der Waals surface area (Å²) in [6, 6.07) is 16.2. The molecule has 27 heavy (non-hydrogen) atoms. The summed E-state index contributed by atoms with van der Waals surface area (Å²) in [5.41, 5.74) is 3.15. The van der Waals surface area contributed by atoms with Crippen molar-refractivity contribution >= 4 is 17.7 Å². The van der Waals surface area contributed by atoms with E-state index in [-0.39, 0.29) is 25.2 Å². The Labute approximate surface area is 166 Å². The Morgan fingerprint density at radius 1 is 1.11 bits per heavy atom. The number of benzene rings is 2. The number of thioether (sulfide) groups is 1. The number of aryl methyl sites for hydroxylation is 1. The van der Waals surface area contributed by atoms with Crippen LogP contribution in [0.4, 0.5) is 0 Å². The zero-order valence-corrected chi connectivity index (χ0v) is 17.1. The van der Waals surface area contributed by atoms with E-state index < -0.39 is 0 Å². The predicted octanol–water partition coefficient (Wildman–Crippen LogP) is 3.90. The first-order valence-corrected chi connectivity index (χ1v) is 10.2. The fourth-order valence-electron chi connectivity index (χ4n) is 2.66. The monoisotopic (exact) mass is 387 g/mol. The van der Waals surface area contributed by atoms with Crippen molar-refractivity contribution in [1.82, 2.24) is 5.32 Å². The lowest BCUT2D eigenvalue weighted by molar-refractivity contribution is -0.121. The SMILES string of the molecule is Cc1ccc(C(CNC(=O)Cc2ccc(SC(C)C)cc2)OCCO)cc1. The number of amides is 1. The van der Waals surface area contributed by atoms with Gasteiger partial charge in [-0.2, -0.15) is 0 Å². The zero-order valence-electron chi connectivity index (χ0n) is 16.3. The van der Waals surface area contributed by atoms with Crippen LogP contribution in [0.2, 0.25) is 0 Å². The van der Waals surface area contributed by atoms with Crippen LogP contribution in [-0.4, -0.2) is 36.0 Å². The number of rotatable bonds is 10. The summed E-state index contributed by atoms with van der Waals surface area (Å²) in [7, 11) is 0. The second-order valence-corrected chi connectivity index (χ2v) is 8.44. The number of carbonyl (C=O) groups excluding carboxylic acids is 1. The smallest absolute Gasteiger partial charge is 0.224 e. The molecule has 0 saturated heterocycles. The third-order valence-electron chi connectivity index (χ3n) is 4.00. The van der Waals surface area contributed by atoms with E-state index in [9.17, 15) is 4.79 Å². The van der Waals surface area contributed by atoms with E-state index in [0.717, 1.165) is 11.1 Å². The quantitative estimate of drug-likeness (QED) is 0.607. The molecule has 4 nitrogen and oxygen atoms in total. The third kappa shape index (κ3) is 7.75. The standard InChI is InChI=1S/C22H29NO3S/c1-16(2)27-20-10-6-18(7-11-20)14-22(25)23-15-21(26-13-12-24)19-8-4-17(3)5-9-19/h4-11,16,21,24H,12-15H2,1-3H3,(H,23,25). The Kier molecular flexibility index (Phi) is 8.85. The van der Waals surface area contributed by atoms with Crippen LogP contribution in [0.1, 0.15) is 36.6 Å². The van der Waals surface area contributed by atoms with Gasteiger partial charge in [0.2, 0.25) is 5.91 Å². The maximum absolute atomic E-state index is 12.3. The molecule has 2 rings (SSSR count). The third-order valence-corrected chi connectivity index (χ3v) is 5.02. The van der Waals surface area contributed by atoms with Crippen LogP contribution in [0.15, 0.2) is 53.4 Å². The lowest BCUT2D eigenvalue weighted by atomic mass is 10.1. The van der Waals surface area contributed by atoms with Crippen LogP contribution in [0, 0.1) is 6.92 Å². The molecule has 0 radical (unpaired) electrons. The number of aliphatic hydroxyl groups excluding tert-OH is 1. The van der Waals surface area contributed by atoms with Crippen LogP contribution < -0.4 is 5.32 Å². The number of aliphatic hydroxyl groups is 1. The van der Waals surface area contributed by atoms with Gasteiger partial charge in [0.05, 0.1) is 25.7 Å². The van der Waals surface area contributed by atoms with Gasteiger partial charge >= 0.3 is 0 Å². The molecule has 146 valence electrons. The maximum atomic E-state index is 12.3. The van der Waals surface area contributed by atoms with Gasteiger partial charge in [-0.05, 0) is 30.2 Å². The van der Waals surface area contributed by atoms with Crippen molar-refractivity contribution in [2.24, 2.45) is 0 Å². The maximum Gasteiger partial charge on any atom is 0.224 e. The molecular weight excluding hydrogens is 358 g/mol. The van der Waals surface area contributed by atoms with Crippen LogP contribution in [0.25, 0.3) is 0 Å². The molecule has 0 saturated carbocycles. The summed E-state index contributed by atoms with van der Waals surface area (Å²) in [6.07, 6.45) is 0.0688. The lowest BCUT2D eigenvalue weighted by Crippen LogP contribution is -2.31. The van der Waals surface area contributed by atoms with Gasteiger partial charge in [-0.15, -0.1) is 11.8 Å². The summed E-state index contributed by atoms with van der Waals surface area (Å²) >= 11 is 1.81. The lowest BCUT2D eigenvalue weighted by Gasteiger charge is -2.19. The van der Waals surface area contributed by atoms with Gasteiger partial charge in [0.25, 0.3) is 0 Å². The number of nitrogens with one attached hydrogen (secondary N) is 1. The average Bonchev–Trinajstić information content (AvgIpc) is 2.64. The van der Waals surface area contributed by atoms with Crippen molar-refractivity contribution in [2.75, 3.05) is 19.8 Å². The van der Waals surface area contributed by atoms with Gasteiger partial charge in [-0.1, -0.05) is 55.8 Å². The minimum Gasteiger partial charge on any atom is -0.394 e. The van der Waals surface area contributed by atoms with Crippen molar-refractivity contribution in [2.45, 2.75) is 43.4 Å². The van der Waals surface area contributed by atoms with Crippen LogP contribution in [0.5, 0.6) is 0 Å². The van der Waals surface area contributed by atoms with Crippen LogP contribution >= 0.6 is 11.8 Å². The van der Waals surface area contributed by atoms with Gasteiger partial charge in [0.15, 0.2) is 0 Å². The van der Waals surface area contributed by atoms with E-state index in [4.69, 9.17) is 9.84 Å². The Morgan fingerprint density at radius 2 is 1.78 bits per heavy atom. The highest BCUT2D eigenvalue weighted by molar-refractivity contribution is 7.99. The molecule has 0 aliphatic heterocycles. The molecule has 2 aromatic rings. The molecule has 5 heteroatoms. The molecule has 1 amide bonds. The molecule has 1 unspecified atom stereocenters. The van der Waals surface area contributed by atoms with E-state index in [2.05, 4.69) is 31.3 Å². The number of carbonyl (C=O) groups is 1. The van der Waals surface area contributed by atoms with Crippen molar-refractivity contribution in [3.8, 4) is 0 Å². The first kappa shape index (κ1) is 21.5. The Morgan fingerprint density at radius 3 is 2.37 bits per heavy atom. The van der Waals surface area contributed by atoms with Crippen LogP contribution in [-0.2, 0) is 16.0 Å². The van der Waals surface area contributed by atoms with E-state index in [1.165, 1.54) is 10.5 Å². The van der Waals surface area contributed by atoms with E-state index in [1.54, 1.807) is 0 Å². The molecule has 0 heterocycles. The normalized spacial score (nSPS) is 12.2. The van der Waals surface area contributed by atoms with Gasteiger partial charge < -0.3 is 15.2 Å². The molecule has 0 aliphatic carbocycles. The topological polar surface area (TPSA) is 58.6 Å². The fraction of sp³-hybridized carbons (Fsp3) is 0.409. The Balaban J connectivity index is 1.89. The first-order chi connectivity index (χ1) is 13.0. The summed E-state index contributed by atoms with van der Waals surface area (Å²) in [6.45, 7) is 6.93. The van der Waals surface area contributed by atoms with Crippen molar-refractivity contribution in [3.63, 3.8) is 0 Å². The predicted molar refractivity (Wildman–Crippen MR) is 111 cm³/mol. The molecule has 0 spiro atoms. The highest BCUT2D eigenvalue weighted by Gasteiger charge is 2.14. The fourth-order valence-corrected chi connectivity index (χ4v) is 3.50. The van der Waals surface area contributed by atoms with Gasteiger partial charge in [0, 0.05) is 16.7 Å². The molecule has 0 aromatic heterocycles. The van der Waals surface area contributed by atoms with Crippen molar-refractivity contribution < 1.29 is 14.6 Å². The Bertz CT molecular complexity index is 699. The largest absolute Gasteiger partial charge is 0.394 e. The summed E-state index contributed by atoms with van der Waals surface area (Å²) in [5, 5.41) is 12.5. The highest BCUT2D eigenvalue weighted by atomic mass is 32.2. The number of hydrogen-bond acceptors (Lipinski definition) is 4. The number of ether oxygens (including phenoxy) is 1. The average molecular weight is 388 g/mol. The van der Waals surface area contributed by atoms with Crippen molar-refractivity contribution in [1.29, 1.82) is 0 Å². The minimum atomic E-state index is -0.272. The molecule has 1 atom stereocenters. The van der Waals surface area contributed by atoms with Crippen molar-refractivity contribution in [3.05, 3.63) is 65.2 Å². The molecule has 0 fully saturated rings. The molecule has 0 bridgehead atoms. The van der Waals surface area contributed by atoms with Gasteiger partial charge in [-0.25, -0.2) is 0 Å².